The Morgan fingerprint density at radius 1 is 1.42 bits per heavy atom. The van der Waals surface area contributed by atoms with Gasteiger partial charge in [0.2, 0.25) is 5.91 Å². The van der Waals surface area contributed by atoms with Crippen molar-refractivity contribution >= 4 is 5.91 Å². The minimum Gasteiger partial charge on any atom is -0.494 e. The fourth-order valence-corrected chi connectivity index (χ4v) is 3.78. The molecule has 0 aromatic heterocycles. The van der Waals surface area contributed by atoms with E-state index in [0.29, 0.717) is 18.1 Å². The summed E-state index contributed by atoms with van der Waals surface area (Å²) in [4.78, 5) is 13.4. The van der Waals surface area contributed by atoms with Crippen molar-refractivity contribution in [3.63, 3.8) is 0 Å². The molecule has 0 spiro atoms. The number of hydrogen-bond donors (Lipinski definition) is 2. The molecule has 2 aliphatic rings. The van der Waals surface area contributed by atoms with Crippen molar-refractivity contribution in [1.82, 2.24) is 4.90 Å². The number of ether oxygens (including phenoxy) is 2. The van der Waals surface area contributed by atoms with Crippen LogP contribution in [0.25, 0.3) is 0 Å². The molecule has 24 heavy (non-hydrogen) atoms. The Balaban J connectivity index is 1.41. The van der Waals surface area contributed by atoms with Gasteiger partial charge in [-0.1, -0.05) is 0 Å². The Hall–Kier alpha value is -1.63. The predicted molar refractivity (Wildman–Crippen MR) is 90.0 cm³/mol. The maximum absolute atomic E-state index is 11.0. The molecule has 0 unspecified atom stereocenters. The summed E-state index contributed by atoms with van der Waals surface area (Å²) in [5.74, 6) is 0.757. The molecule has 6 nitrogen and oxygen atoms in total. The highest BCUT2D eigenvalue weighted by atomic mass is 16.5. The van der Waals surface area contributed by atoms with Gasteiger partial charge in [0.05, 0.1) is 19.8 Å². The van der Waals surface area contributed by atoms with Gasteiger partial charge in [-0.2, -0.15) is 0 Å². The van der Waals surface area contributed by atoms with Crippen molar-refractivity contribution in [2.24, 2.45) is 17.1 Å². The standard InChI is InChI=1S/C18H26N2O4/c19-17(22)14-2-4-16(5-3-14)24-8-1-7-20-10-15-11-23-9-6-18(15,12-20)13-21/h2-5,15,21H,1,6-13H2,(H2,19,22)/t15-,18-/m1/s1. The first kappa shape index (κ1) is 17.2. The number of benzene rings is 1. The van der Waals surface area contributed by atoms with Crippen LogP contribution in [-0.4, -0.2) is 62.0 Å². The number of fused-ring (bicyclic) bond motifs is 1. The van der Waals surface area contributed by atoms with Gasteiger partial charge in [0.25, 0.3) is 0 Å². The molecule has 1 aromatic carbocycles. The largest absolute Gasteiger partial charge is 0.494 e. The lowest BCUT2D eigenvalue weighted by molar-refractivity contribution is -0.0416. The number of primary amides is 1. The molecular formula is C18H26N2O4. The second kappa shape index (κ2) is 7.51. The van der Waals surface area contributed by atoms with Crippen LogP contribution in [0.2, 0.25) is 0 Å². The first-order valence-electron chi connectivity index (χ1n) is 8.57. The molecule has 2 saturated heterocycles. The number of rotatable bonds is 7. The molecule has 1 aromatic rings. The number of likely N-dealkylation sites (tertiary alicyclic amines) is 1. The summed E-state index contributed by atoms with van der Waals surface area (Å²) in [5, 5.41) is 9.81. The van der Waals surface area contributed by atoms with Gasteiger partial charge in [-0.15, -0.1) is 0 Å². The lowest BCUT2D eigenvalue weighted by Crippen LogP contribution is -2.41. The van der Waals surface area contributed by atoms with Gasteiger partial charge in [-0.3, -0.25) is 4.79 Å². The van der Waals surface area contributed by atoms with Crippen molar-refractivity contribution in [2.45, 2.75) is 12.8 Å². The number of amides is 1. The van der Waals surface area contributed by atoms with E-state index < -0.39 is 5.91 Å². The Kier molecular flexibility index (Phi) is 5.38. The monoisotopic (exact) mass is 334 g/mol. The first-order valence-corrected chi connectivity index (χ1v) is 8.57. The van der Waals surface area contributed by atoms with Gasteiger partial charge in [-0.25, -0.2) is 0 Å². The maximum atomic E-state index is 11.0. The van der Waals surface area contributed by atoms with Crippen molar-refractivity contribution in [1.29, 1.82) is 0 Å². The third kappa shape index (κ3) is 3.71. The average Bonchev–Trinajstić information content (AvgIpc) is 2.98. The van der Waals surface area contributed by atoms with Gasteiger partial charge >= 0.3 is 0 Å². The van der Waals surface area contributed by atoms with E-state index in [9.17, 15) is 9.90 Å². The highest BCUT2D eigenvalue weighted by molar-refractivity contribution is 5.92. The van der Waals surface area contributed by atoms with Gasteiger partial charge in [-0.05, 0) is 37.1 Å². The zero-order valence-corrected chi connectivity index (χ0v) is 13.9. The molecule has 0 radical (unpaired) electrons. The number of carbonyl (C=O) groups is 1. The second-order valence-corrected chi connectivity index (χ2v) is 6.87. The van der Waals surface area contributed by atoms with E-state index in [1.807, 2.05) is 0 Å². The lowest BCUT2D eigenvalue weighted by Gasteiger charge is -2.36. The van der Waals surface area contributed by atoms with Crippen LogP contribution in [-0.2, 0) is 4.74 Å². The van der Waals surface area contributed by atoms with Crippen LogP contribution in [0.4, 0.5) is 0 Å². The molecule has 2 heterocycles. The number of carbonyl (C=O) groups excluding carboxylic acids is 1. The van der Waals surface area contributed by atoms with E-state index >= 15 is 0 Å². The van der Waals surface area contributed by atoms with Crippen molar-refractivity contribution in [3.8, 4) is 5.75 Å². The molecular weight excluding hydrogens is 308 g/mol. The van der Waals surface area contributed by atoms with Gasteiger partial charge in [0.15, 0.2) is 0 Å². The summed E-state index contributed by atoms with van der Waals surface area (Å²) >= 11 is 0. The second-order valence-electron chi connectivity index (χ2n) is 6.87. The number of aliphatic hydroxyl groups is 1. The molecule has 0 bridgehead atoms. The van der Waals surface area contributed by atoms with Crippen LogP contribution in [0.15, 0.2) is 24.3 Å². The zero-order chi connectivity index (χ0) is 17.0. The molecule has 2 aliphatic heterocycles. The minimum atomic E-state index is -0.432. The molecule has 1 amide bonds. The van der Waals surface area contributed by atoms with E-state index in [1.54, 1.807) is 24.3 Å². The molecule has 132 valence electrons. The van der Waals surface area contributed by atoms with Gasteiger partial charge in [0, 0.05) is 43.1 Å². The fraction of sp³-hybridized carbons (Fsp3) is 0.611. The van der Waals surface area contributed by atoms with Crippen LogP contribution in [0.3, 0.4) is 0 Å². The summed E-state index contributed by atoms with van der Waals surface area (Å²) in [6, 6.07) is 6.88. The molecule has 2 atom stereocenters. The molecule has 6 heteroatoms. The normalized spacial score (nSPS) is 27.0. The van der Waals surface area contributed by atoms with Gasteiger partial charge in [0.1, 0.15) is 5.75 Å². The van der Waals surface area contributed by atoms with E-state index in [-0.39, 0.29) is 12.0 Å². The highest BCUT2D eigenvalue weighted by Crippen LogP contribution is 2.41. The Bertz CT molecular complexity index is 563. The fourth-order valence-electron chi connectivity index (χ4n) is 3.78. The summed E-state index contributed by atoms with van der Waals surface area (Å²) in [7, 11) is 0. The Labute approximate surface area is 142 Å². The quantitative estimate of drug-likeness (QED) is 0.723. The summed E-state index contributed by atoms with van der Waals surface area (Å²) < 4.78 is 11.3. The van der Waals surface area contributed by atoms with Crippen molar-refractivity contribution < 1.29 is 19.4 Å². The van der Waals surface area contributed by atoms with Crippen molar-refractivity contribution in [2.75, 3.05) is 46.1 Å². The SMILES string of the molecule is NC(=O)c1ccc(OCCCN2C[C@@H]3COCC[C@]3(CO)C2)cc1. The van der Waals surface area contributed by atoms with E-state index in [2.05, 4.69) is 4.90 Å². The smallest absolute Gasteiger partial charge is 0.248 e. The van der Waals surface area contributed by atoms with Crippen LogP contribution < -0.4 is 10.5 Å². The topological polar surface area (TPSA) is 85.0 Å². The summed E-state index contributed by atoms with van der Waals surface area (Å²) in [6.45, 7) is 5.30. The van der Waals surface area contributed by atoms with E-state index in [1.165, 1.54) is 0 Å². The van der Waals surface area contributed by atoms with Crippen LogP contribution in [0.5, 0.6) is 5.75 Å². The number of hydrogen-bond acceptors (Lipinski definition) is 5. The molecule has 2 fully saturated rings. The van der Waals surface area contributed by atoms with Crippen molar-refractivity contribution in [3.05, 3.63) is 29.8 Å². The van der Waals surface area contributed by atoms with Crippen LogP contribution >= 0.6 is 0 Å². The highest BCUT2D eigenvalue weighted by Gasteiger charge is 2.47. The van der Waals surface area contributed by atoms with Crippen LogP contribution in [0.1, 0.15) is 23.2 Å². The van der Waals surface area contributed by atoms with Crippen LogP contribution in [0, 0.1) is 11.3 Å². The number of nitrogens with zero attached hydrogens (tertiary/aromatic N) is 1. The zero-order valence-electron chi connectivity index (χ0n) is 13.9. The molecule has 0 saturated carbocycles. The summed E-state index contributed by atoms with van der Waals surface area (Å²) in [6.07, 6.45) is 1.88. The van der Waals surface area contributed by atoms with Gasteiger partial charge < -0.3 is 25.2 Å². The molecule has 3 rings (SSSR count). The average molecular weight is 334 g/mol. The predicted octanol–water partition coefficient (Wildman–Crippen LogP) is 0.885. The van der Waals surface area contributed by atoms with E-state index in [0.717, 1.165) is 51.4 Å². The minimum absolute atomic E-state index is 0.0314. The Morgan fingerprint density at radius 2 is 2.21 bits per heavy atom. The third-order valence-electron chi connectivity index (χ3n) is 5.29. The lowest BCUT2D eigenvalue weighted by atomic mass is 9.75. The number of nitrogens with two attached hydrogens (primary N) is 1. The van der Waals surface area contributed by atoms with E-state index in [4.69, 9.17) is 15.2 Å². The molecule has 3 N–H and O–H groups in total. The Morgan fingerprint density at radius 3 is 2.88 bits per heavy atom. The summed E-state index contributed by atoms with van der Waals surface area (Å²) in [5.41, 5.74) is 5.73. The number of aliphatic hydroxyl groups excluding tert-OH is 1. The molecule has 0 aliphatic carbocycles. The maximum Gasteiger partial charge on any atom is 0.248 e. The third-order valence-corrected chi connectivity index (χ3v) is 5.29. The first-order chi connectivity index (χ1) is 11.6.